The fourth-order valence-corrected chi connectivity index (χ4v) is 2.99. The molecule has 0 saturated carbocycles. The van der Waals surface area contributed by atoms with Crippen LogP contribution in [0.25, 0.3) is 0 Å². The molecule has 2 aromatic rings. The molecule has 1 atom stereocenters. The molecular formula is C19H23NOS. The first-order valence-electron chi connectivity index (χ1n) is 7.65. The standard InChI is InChI=1S/C19H23NOS/c1-4-15(2)20(14-16-10-6-5-7-11-16)19(21)17-12-8-9-13-18(17)22-3/h5-13,15H,4,14H2,1-3H3. The van der Waals surface area contributed by atoms with Gasteiger partial charge in [-0.2, -0.15) is 0 Å². The second-order valence-electron chi connectivity index (χ2n) is 5.38. The number of thioether (sulfide) groups is 1. The second kappa shape index (κ2) is 8.04. The predicted molar refractivity (Wildman–Crippen MR) is 94.3 cm³/mol. The van der Waals surface area contributed by atoms with Crippen molar-refractivity contribution in [3.05, 3.63) is 65.7 Å². The van der Waals surface area contributed by atoms with Crippen molar-refractivity contribution in [2.45, 2.75) is 37.8 Å². The summed E-state index contributed by atoms with van der Waals surface area (Å²) in [5, 5.41) is 0. The lowest BCUT2D eigenvalue weighted by Crippen LogP contribution is -2.38. The molecule has 2 rings (SSSR count). The molecule has 1 amide bonds. The number of carbonyl (C=O) groups excluding carboxylic acids is 1. The first kappa shape index (κ1) is 16.6. The maximum atomic E-state index is 13.0. The first-order valence-corrected chi connectivity index (χ1v) is 8.87. The van der Waals surface area contributed by atoms with Crippen LogP contribution in [0.5, 0.6) is 0 Å². The van der Waals surface area contributed by atoms with E-state index >= 15 is 0 Å². The van der Waals surface area contributed by atoms with Gasteiger partial charge in [0, 0.05) is 17.5 Å². The third-order valence-corrected chi connectivity index (χ3v) is 4.71. The highest BCUT2D eigenvalue weighted by atomic mass is 32.2. The minimum atomic E-state index is 0.114. The smallest absolute Gasteiger partial charge is 0.255 e. The van der Waals surface area contributed by atoms with E-state index < -0.39 is 0 Å². The topological polar surface area (TPSA) is 20.3 Å². The van der Waals surface area contributed by atoms with Gasteiger partial charge in [0.15, 0.2) is 0 Å². The molecule has 1 unspecified atom stereocenters. The Morgan fingerprint density at radius 1 is 1.09 bits per heavy atom. The van der Waals surface area contributed by atoms with Gasteiger partial charge in [0.2, 0.25) is 0 Å². The zero-order valence-electron chi connectivity index (χ0n) is 13.5. The summed E-state index contributed by atoms with van der Waals surface area (Å²) in [4.78, 5) is 16.1. The van der Waals surface area contributed by atoms with Gasteiger partial charge in [-0.05, 0) is 37.3 Å². The molecule has 22 heavy (non-hydrogen) atoms. The van der Waals surface area contributed by atoms with Crippen LogP contribution in [0.1, 0.15) is 36.2 Å². The molecule has 2 aromatic carbocycles. The molecule has 0 aliphatic heterocycles. The lowest BCUT2D eigenvalue weighted by atomic mass is 10.1. The highest BCUT2D eigenvalue weighted by molar-refractivity contribution is 7.98. The Hall–Kier alpha value is -1.74. The van der Waals surface area contributed by atoms with Gasteiger partial charge in [0.1, 0.15) is 0 Å². The highest BCUT2D eigenvalue weighted by Crippen LogP contribution is 2.23. The van der Waals surface area contributed by atoms with Crippen LogP contribution in [0.3, 0.4) is 0 Å². The Balaban J connectivity index is 2.30. The minimum Gasteiger partial charge on any atom is -0.332 e. The molecule has 0 fully saturated rings. The zero-order chi connectivity index (χ0) is 15.9. The molecule has 2 nitrogen and oxygen atoms in total. The number of hydrogen-bond acceptors (Lipinski definition) is 2. The van der Waals surface area contributed by atoms with Crippen LogP contribution in [-0.2, 0) is 6.54 Å². The minimum absolute atomic E-state index is 0.114. The zero-order valence-corrected chi connectivity index (χ0v) is 14.3. The maximum absolute atomic E-state index is 13.0. The Kier molecular flexibility index (Phi) is 6.08. The molecule has 3 heteroatoms. The van der Waals surface area contributed by atoms with Gasteiger partial charge < -0.3 is 4.90 Å². The average Bonchev–Trinajstić information content (AvgIpc) is 2.59. The lowest BCUT2D eigenvalue weighted by molar-refractivity contribution is 0.0668. The normalized spacial score (nSPS) is 12.0. The van der Waals surface area contributed by atoms with E-state index in [0.29, 0.717) is 6.54 Å². The van der Waals surface area contributed by atoms with E-state index in [-0.39, 0.29) is 11.9 Å². The molecule has 0 aromatic heterocycles. The van der Waals surface area contributed by atoms with Crippen molar-refractivity contribution in [1.29, 1.82) is 0 Å². The molecule has 0 saturated heterocycles. The summed E-state index contributed by atoms with van der Waals surface area (Å²) < 4.78 is 0. The largest absolute Gasteiger partial charge is 0.332 e. The van der Waals surface area contributed by atoms with Gasteiger partial charge in [-0.25, -0.2) is 0 Å². The molecule has 0 N–H and O–H groups in total. The molecule has 0 aliphatic rings. The molecule has 0 aliphatic carbocycles. The van der Waals surface area contributed by atoms with Crippen molar-refractivity contribution in [3.63, 3.8) is 0 Å². The van der Waals surface area contributed by atoms with Gasteiger partial charge in [0.05, 0.1) is 5.56 Å². The molecule has 0 bridgehead atoms. The van der Waals surface area contributed by atoms with Crippen LogP contribution in [0, 0.1) is 0 Å². The van der Waals surface area contributed by atoms with Crippen LogP contribution in [0.2, 0.25) is 0 Å². The number of benzene rings is 2. The summed E-state index contributed by atoms with van der Waals surface area (Å²) in [5.74, 6) is 0.114. The SMILES string of the molecule is CCC(C)N(Cc1ccccc1)C(=O)c1ccccc1SC. The van der Waals surface area contributed by atoms with E-state index in [4.69, 9.17) is 0 Å². The molecule has 116 valence electrons. The van der Waals surface area contributed by atoms with Crippen molar-refractivity contribution in [3.8, 4) is 0 Å². The Morgan fingerprint density at radius 3 is 2.36 bits per heavy atom. The van der Waals surface area contributed by atoms with Crippen LogP contribution >= 0.6 is 11.8 Å². The fraction of sp³-hybridized carbons (Fsp3) is 0.316. The Morgan fingerprint density at radius 2 is 1.73 bits per heavy atom. The quantitative estimate of drug-likeness (QED) is 0.711. The molecule has 0 spiro atoms. The van der Waals surface area contributed by atoms with Crippen molar-refractivity contribution >= 4 is 17.7 Å². The van der Waals surface area contributed by atoms with Gasteiger partial charge in [-0.1, -0.05) is 49.4 Å². The monoisotopic (exact) mass is 313 g/mol. The second-order valence-corrected chi connectivity index (χ2v) is 6.22. The van der Waals surface area contributed by atoms with Crippen LogP contribution in [0.15, 0.2) is 59.5 Å². The predicted octanol–water partition coefficient (Wildman–Crippen LogP) is 4.85. The van der Waals surface area contributed by atoms with E-state index in [1.807, 2.05) is 53.6 Å². The van der Waals surface area contributed by atoms with Crippen LogP contribution < -0.4 is 0 Å². The third-order valence-electron chi connectivity index (χ3n) is 3.92. The Labute approximate surface area is 137 Å². The summed E-state index contributed by atoms with van der Waals surface area (Å²) >= 11 is 1.62. The number of carbonyl (C=O) groups is 1. The summed E-state index contributed by atoms with van der Waals surface area (Å²) in [7, 11) is 0. The lowest BCUT2D eigenvalue weighted by Gasteiger charge is -2.29. The van der Waals surface area contributed by atoms with E-state index in [9.17, 15) is 4.79 Å². The van der Waals surface area contributed by atoms with Crippen molar-refractivity contribution in [1.82, 2.24) is 4.90 Å². The average molecular weight is 313 g/mol. The fourth-order valence-electron chi connectivity index (χ4n) is 2.40. The van der Waals surface area contributed by atoms with Gasteiger partial charge in [0.25, 0.3) is 5.91 Å². The number of rotatable bonds is 6. The molecule has 0 heterocycles. The number of amides is 1. The number of nitrogens with zero attached hydrogens (tertiary/aromatic N) is 1. The van der Waals surface area contributed by atoms with Gasteiger partial charge in [-0.3, -0.25) is 4.79 Å². The third kappa shape index (κ3) is 3.92. The highest BCUT2D eigenvalue weighted by Gasteiger charge is 2.22. The summed E-state index contributed by atoms with van der Waals surface area (Å²) in [5.41, 5.74) is 1.96. The summed E-state index contributed by atoms with van der Waals surface area (Å²) in [6.07, 6.45) is 2.96. The summed E-state index contributed by atoms with van der Waals surface area (Å²) in [6, 6.07) is 18.2. The maximum Gasteiger partial charge on any atom is 0.255 e. The summed E-state index contributed by atoms with van der Waals surface area (Å²) in [6.45, 7) is 4.89. The molecular weight excluding hydrogens is 290 g/mol. The van der Waals surface area contributed by atoms with E-state index in [0.717, 1.165) is 22.4 Å². The van der Waals surface area contributed by atoms with E-state index in [2.05, 4.69) is 26.0 Å². The van der Waals surface area contributed by atoms with Crippen LogP contribution in [0.4, 0.5) is 0 Å². The van der Waals surface area contributed by atoms with Crippen molar-refractivity contribution < 1.29 is 4.79 Å². The first-order chi connectivity index (χ1) is 10.7. The number of hydrogen-bond donors (Lipinski definition) is 0. The van der Waals surface area contributed by atoms with Crippen molar-refractivity contribution in [2.24, 2.45) is 0 Å². The van der Waals surface area contributed by atoms with Gasteiger partial charge in [-0.15, -0.1) is 11.8 Å². The molecule has 0 radical (unpaired) electrons. The van der Waals surface area contributed by atoms with Gasteiger partial charge >= 0.3 is 0 Å². The Bertz CT molecular complexity index is 612. The van der Waals surface area contributed by atoms with Crippen LogP contribution in [-0.4, -0.2) is 23.1 Å². The van der Waals surface area contributed by atoms with E-state index in [1.165, 1.54) is 0 Å². The van der Waals surface area contributed by atoms with E-state index in [1.54, 1.807) is 11.8 Å². The van der Waals surface area contributed by atoms with Crippen molar-refractivity contribution in [2.75, 3.05) is 6.26 Å².